The van der Waals surface area contributed by atoms with E-state index >= 15 is 0 Å². The molecule has 0 radical (unpaired) electrons. The number of hydrogen-bond donors (Lipinski definition) is 1. The van der Waals surface area contributed by atoms with Crippen LogP contribution in [0.4, 0.5) is 10.5 Å². The SMILES string of the molecule is COc1cc(/C=C2/NC(=O)N(c3cccc(Cl)c3)C2=O)cc(I)c1OCc1ccc(I)cc1. The van der Waals surface area contributed by atoms with E-state index in [1.165, 1.54) is 0 Å². The first kappa shape index (κ1) is 23.8. The Labute approximate surface area is 223 Å². The summed E-state index contributed by atoms with van der Waals surface area (Å²) >= 11 is 10.4. The summed E-state index contributed by atoms with van der Waals surface area (Å²) in [6.07, 6.45) is 1.61. The summed E-state index contributed by atoms with van der Waals surface area (Å²) in [4.78, 5) is 26.4. The predicted molar refractivity (Wildman–Crippen MR) is 145 cm³/mol. The second-order valence-corrected chi connectivity index (χ2v) is 9.90. The molecule has 1 saturated heterocycles. The smallest absolute Gasteiger partial charge is 0.333 e. The highest BCUT2D eigenvalue weighted by atomic mass is 127. The first-order valence-electron chi connectivity index (χ1n) is 9.73. The highest BCUT2D eigenvalue weighted by molar-refractivity contribution is 14.1. The zero-order chi connectivity index (χ0) is 23.5. The lowest BCUT2D eigenvalue weighted by Gasteiger charge is -2.14. The Bertz CT molecular complexity index is 1260. The number of carbonyl (C=O) groups excluding carboxylic acids is 2. The number of halogens is 3. The third-order valence-corrected chi connectivity index (χ3v) is 6.56. The fourth-order valence-electron chi connectivity index (χ4n) is 3.25. The van der Waals surface area contributed by atoms with Gasteiger partial charge < -0.3 is 14.8 Å². The lowest BCUT2D eigenvalue weighted by atomic mass is 10.1. The number of nitrogens with zero attached hydrogens (tertiary/aromatic N) is 1. The van der Waals surface area contributed by atoms with Crippen molar-refractivity contribution in [1.82, 2.24) is 5.32 Å². The summed E-state index contributed by atoms with van der Waals surface area (Å²) in [5.41, 5.74) is 2.29. The van der Waals surface area contributed by atoms with Gasteiger partial charge in [-0.15, -0.1) is 0 Å². The topological polar surface area (TPSA) is 67.9 Å². The summed E-state index contributed by atoms with van der Waals surface area (Å²) < 4.78 is 13.5. The van der Waals surface area contributed by atoms with E-state index in [0.717, 1.165) is 17.6 Å². The molecule has 3 amide bonds. The van der Waals surface area contributed by atoms with E-state index in [1.54, 1.807) is 43.5 Å². The molecule has 1 aliphatic heterocycles. The molecule has 1 heterocycles. The highest BCUT2D eigenvalue weighted by Crippen LogP contribution is 2.35. The molecule has 1 N–H and O–H groups in total. The fraction of sp³-hybridized carbons (Fsp3) is 0.0833. The summed E-state index contributed by atoms with van der Waals surface area (Å²) in [5, 5.41) is 3.06. The van der Waals surface area contributed by atoms with E-state index < -0.39 is 11.9 Å². The molecule has 168 valence electrons. The number of hydrogen-bond acceptors (Lipinski definition) is 4. The average molecular weight is 687 g/mol. The minimum absolute atomic E-state index is 0.158. The molecule has 4 rings (SSSR count). The van der Waals surface area contributed by atoms with Crippen LogP contribution < -0.4 is 19.7 Å². The molecule has 0 aliphatic carbocycles. The van der Waals surface area contributed by atoms with Crippen LogP contribution in [-0.4, -0.2) is 19.0 Å². The Morgan fingerprint density at radius 2 is 1.82 bits per heavy atom. The van der Waals surface area contributed by atoms with Gasteiger partial charge in [0, 0.05) is 8.59 Å². The number of anilines is 1. The molecule has 0 atom stereocenters. The van der Waals surface area contributed by atoms with Gasteiger partial charge in [0.15, 0.2) is 11.5 Å². The van der Waals surface area contributed by atoms with Crippen molar-refractivity contribution in [3.8, 4) is 11.5 Å². The molecule has 0 aromatic heterocycles. The van der Waals surface area contributed by atoms with E-state index in [0.29, 0.717) is 34.4 Å². The van der Waals surface area contributed by atoms with Gasteiger partial charge in [0.25, 0.3) is 5.91 Å². The van der Waals surface area contributed by atoms with Crippen molar-refractivity contribution in [2.75, 3.05) is 12.0 Å². The summed E-state index contributed by atoms with van der Waals surface area (Å²) in [5.74, 6) is 0.680. The maximum absolute atomic E-state index is 12.9. The van der Waals surface area contributed by atoms with Crippen LogP contribution in [0.3, 0.4) is 0 Å². The van der Waals surface area contributed by atoms with Gasteiger partial charge in [-0.3, -0.25) is 4.79 Å². The molecule has 33 heavy (non-hydrogen) atoms. The van der Waals surface area contributed by atoms with E-state index in [4.69, 9.17) is 21.1 Å². The van der Waals surface area contributed by atoms with Crippen LogP contribution in [0.5, 0.6) is 11.5 Å². The normalized spacial score (nSPS) is 14.5. The molecule has 0 spiro atoms. The molecule has 3 aromatic rings. The van der Waals surface area contributed by atoms with Crippen molar-refractivity contribution in [2.45, 2.75) is 6.61 Å². The number of urea groups is 1. The molecular weight excluding hydrogens is 670 g/mol. The molecule has 6 nitrogen and oxygen atoms in total. The van der Waals surface area contributed by atoms with Gasteiger partial charge in [-0.2, -0.15) is 0 Å². The summed E-state index contributed by atoms with van der Waals surface area (Å²) in [6.45, 7) is 0.396. The van der Waals surface area contributed by atoms with Crippen LogP contribution >= 0.6 is 56.8 Å². The second kappa shape index (κ2) is 10.3. The van der Waals surface area contributed by atoms with Crippen LogP contribution in [0.15, 0.2) is 66.4 Å². The molecule has 0 bridgehead atoms. The maximum Gasteiger partial charge on any atom is 0.333 e. The number of imide groups is 1. The second-order valence-electron chi connectivity index (χ2n) is 7.06. The fourth-order valence-corrected chi connectivity index (χ4v) is 4.58. The molecule has 9 heteroatoms. The average Bonchev–Trinajstić information content (AvgIpc) is 3.06. The third kappa shape index (κ3) is 5.44. The van der Waals surface area contributed by atoms with E-state index in [1.807, 2.05) is 30.3 Å². The van der Waals surface area contributed by atoms with Crippen molar-refractivity contribution < 1.29 is 19.1 Å². The van der Waals surface area contributed by atoms with Gasteiger partial charge in [-0.1, -0.05) is 29.8 Å². The molecule has 1 fully saturated rings. The van der Waals surface area contributed by atoms with E-state index in [2.05, 4.69) is 50.5 Å². The Kier molecular flexibility index (Phi) is 7.45. The van der Waals surface area contributed by atoms with Crippen molar-refractivity contribution in [3.05, 3.63) is 89.7 Å². The lowest BCUT2D eigenvalue weighted by Crippen LogP contribution is -2.30. The maximum atomic E-state index is 12.9. The van der Waals surface area contributed by atoms with Crippen LogP contribution in [-0.2, 0) is 11.4 Å². The zero-order valence-electron chi connectivity index (χ0n) is 17.3. The van der Waals surface area contributed by atoms with Gasteiger partial charge in [0.1, 0.15) is 12.3 Å². The quantitative estimate of drug-likeness (QED) is 0.190. The highest BCUT2D eigenvalue weighted by Gasteiger charge is 2.35. The monoisotopic (exact) mass is 686 g/mol. The Morgan fingerprint density at radius 1 is 1.06 bits per heavy atom. The minimum atomic E-state index is -0.535. The molecule has 1 aliphatic rings. The largest absolute Gasteiger partial charge is 0.493 e. The molecular formula is C24H17ClI2N2O4. The van der Waals surface area contributed by atoms with Crippen molar-refractivity contribution in [2.24, 2.45) is 0 Å². The predicted octanol–water partition coefficient (Wildman–Crippen LogP) is 6.23. The standard InChI is InChI=1S/C24H17ClI2N2O4/c1-32-21-11-15(9-19(27)22(21)33-13-14-5-7-17(26)8-6-14)10-20-23(30)29(24(31)28-20)18-4-2-3-16(25)12-18/h2-12H,13H2,1H3,(H,28,31)/b20-10+. The van der Waals surface area contributed by atoms with Crippen molar-refractivity contribution in [1.29, 1.82) is 0 Å². The number of rotatable bonds is 6. The van der Waals surface area contributed by atoms with Gasteiger partial charge in [-0.25, -0.2) is 9.69 Å². The summed E-state index contributed by atoms with van der Waals surface area (Å²) in [6, 6.07) is 17.7. The van der Waals surface area contributed by atoms with Crippen molar-refractivity contribution in [3.63, 3.8) is 0 Å². The third-order valence-electron chi connectivity index (χ3n) is 4.80. The van der Waals surface area contributed by atoms with E-state index in [-0.39, 0.29) is 5.70 Å². The van der Waals surface area contributed by atoms with Crippen LogP contribution in [0.25, 0.3) is 6.08 Å². The first-order chi connectivity index (χ1) is 15.9. The van der Waals surface area contributed by atoms with E-state index in [9.17, 15) is 9.59 Å². The number of methoxy groups -OCH3 is 1. The summed E-state index contributed by atoms with van der Waals surface area (Å²) in [7, 11) is 1.56. The number of nitrogens with one attached hydrogen (secondary N) is 1. The number of benzene rings is 3. The van der Waals surface area contributed by atoms with Crippen LogP contribution in [0.2, 0.25) is 5.02 Å². The number of carbonyl (C=O) groups is 2. The van der Waals surface area contributed by atoms with Crippen molar-refractivity contribution >= 4 is 80.5 Å². The Hall–Kier alpha value is -2.31. The molecule has 0 saturated carbocycles. The van der Waals surface area contributed by atoms with Gasteiger partial charge in [0.05, 0.1) is 16.4 Å². The Balaban J connectivity index is 1.58. The Morgan fingerprint density at radius 3 is 2.52 bits per heavy atom. The first-order valence-corrected chi connectivity index (χ1v) is 12.3. The molecule has 0 unspecified atom stereocenters. The number of amides is 3. The van der Waals surface area contributed by atoms with Gasteiger partial charge in [-0.05, 0) is 105 Å². The lowest BCUT2D eigenvalue weighted by molar-refractivity contribution is -0.113. The number of ether oxygens (including phenoxy) is 2. The van der Waals surface area contributed by atoms with Crippen LogP contribution in [0.1, 0.15) is 11.1 Å². The molecule has 3 aromatic carbocycles. The zero-order valence-corrected chi connectivity index (χ0v) is 22.3. The minimum Gasteiger partial charge on any atom is -0.493 e. The van der Waals surface area contributed by atoms with Crippen LogP contribution in [0, 0.1) is 7.14 Å². The van der Waals surface area contributed by atoms with Gasteiger partial charge in [0.2, 0.25) is 0 Å². The van der Waals surface area contributed by atoms with Gasteiger partial charge >= 0.3 is 6.03 Å².